The molecule has 7 heteroatoms. The van der Waals surface area contributed by atoms with Crippen LogP contribution in [0.2, 0.25) is 0 Å². The fourth-order valence-corrected chi connectivity index (χ4v) is 3.90. The van der Waals surface area contributed by atoms with E-state index in [1.54, 1.807) is 10.6 Å². The Hall–Kier alpha value is -2.80. The molecule has 2 heterocycles. The summed E-state index contributed by atoms with van der Waals surface area (Å²) in [6.45, 7) is 1.36. The molecule has 2 aromatic heterocycles. The lowest BCUT2D eigenvalue weighted by Crippen LogP contribution is -2.31. The highest BCUT2D eigenvalue weighted by atomic mass is 16.2. The number of aromatic nitrogens is 4. The van der Waals surface area contributed by atoms with E-state index >= 15 is 0 Å². The zero-order valence-electron chi connectivity index (χ0n) is 16.0. The Labute approximate surface area is 163 Å². The molecule has 3 N–H and O–H groups in total. The highest BCUT2D eigenvalue weighted by Gasteiger charge is 2.25. The van der Waals surface area contributed by atoms with Gasteiger partial charge in [0.15, 0.2) is 0 Å². The molecule has 0 atom stereocenters. The molecule has 0 spiro atoms. The molecule has 0 amide bonds. The Bertz CT molecular complexity index is 1040. The average molecular weight is 381 g/mol. The normalized spacial score (nSPS) is 14.9. The largest absolute Gasteiger partial charge is 0.405 e. The molecule has 1 aliphatic carbocycles. The van der Waals surface area contributed by atoms with Gasteiger partial charge in [0, 0.05) is 25.4 Å². The van der Waals surface area contributed by atoms with E-state index in [1.165, 1.54) is 6.20 Å². The van der Waals surface area contributed by atoms with E-state index in [9.17, 15) is 4.79 Å². The first-order valence-electron chi connectivity index (χ1n) is 9.98. The monoisotopic (exact) mass is 381 g/mol. The van der Waals surface area contributed by atoms with Gasteiger partial charge in [-0.25, -0.2) is 9.78 Å². The average Bonchev–Trinajstić information content (AvgIpc) is 3.14. The Morgan fingerprint density at radius 2 is 2.07 bits per heavy atom. The Morgan fingerprint density at radius 3 is 2.79 bits per heavy atom. The summed E-state index contributed by atoms with van der Waals surface area (Å²) in [6, 6.07) is 8.28. The molecule has 1 aromatic carbocycles. The van der Waals surface area contributed by atoms with Crippen LogP contribution in [-0.2, 0) is 13.1 Å². The number of aliphatic hydroxyl groups excluding tert-OH is 1. The molecular formula is C21H27N5O2. The first-order chi connectivity index (χ1) is 13.7. The molecule has 1 aliphatic rings. The number of imidazole rings is 2. The fraction of sp³-hybridized carbons (Fsp3) is 0.429. The van der Waals surface area contributed by atoms with Gasteiger partial charge in [-0.2, -0.15) is 0 Å². The number of nitrogens with zero attached hydrogens (tertiary/aromatic N) is 4. The standard InChI is InChI=1S/C21H27N5O2/c22-11-10-17-14-24(21(28)26(17)16-6-5-7-16)15-20-23-18-8-1-2-9-19(18)25(20)12-3-4-13-27/h1-2,8-11,14,16,27H,3-7,12-13,15,22H2/b11-10-. The second-order valence-electron chi connectivity index (χ2n) is 7.38. The van der Waals surface area contributed by atoms with Crippen LogP contribution >= 0.6 is 0 Å². The predicted molar refractivity (Wildman–Crippen MR) is 110 cm³/mol. The third kappa shape index (κ3) is 3.38. The van der Waals surface area contributed by atoms with Crippen LogP contribution in [-0.4, -0.2) is 30.4 Å². The first kappa shape index (κ1) is 18.6. The maximum atomic E-state index is 13.1. The summed E-state index contributed by atoms with van der Waals surface area (Å²) in [5.74, 6) is 0.857. The van der Waals surface area contributed by atoms with Crippen LogP contribution in [0, 0.1) is 0 Å². The molecule has 148 valence electrons. The highest BCUT2D eigenvalue weighted by molar-refractivity contribution is 5.75. The summed E-state index contributed by atoms with van der Waals surface area (Å²) < 4.78 is 5.76. The summed E-state index contributed by atoms with van der Waals surface area (Å²) in [7, 11) is 0. The van der Waals surface area contributed by atoms with Crippen molar-refractivity contribution in [3.05, 3.63) is 58.7 Å². The lowest BCUT2D eigenvalue weighted by molar-refractivity contribution is 0.281. The van der Waals surface area contributed by atoms with Crippen molar-refractivity contribution >= 4 is 17.1 Å². The van der Waals surface area contributed by atoms with Crippen molar-refractivity contribution < 1.29 is 5.11 Å². The summed E-state index contributed by atoms with van der Waals surface area (Å²) in [4.78, 5) is 17.9. The Balaban J connectivity index is 1.71. The van der Waals surface area contributed by atoms with Crippen molar-refractivity contribution in [2.75, 3.05) is 6.61 Å². The molecule has 3 aromatic rings. The lowest BCUT2D eigenvalue weighted by Gasteiger charge is -2.27. The minimum atomic E-state index is -0.00763. The number of aliphatic hydroxyl groups is 1. The summed E-state index contributed by atoms with van der Waals surface area (Å²) in [6.07, 6.45) is 10.00. The van der Waals surface area contributed by atoms with Crippen molar-refractivity contribution in [3.63, 3.8) is 0 Å². The number of nitrogens with two attached hydrogens (primary N) is 1. The number of unbranched alkanes of at least 4 members (excludes halogenated alkanes) is 1. The van der Waals surface area contributed by atoms with Gasteiger partial charge < -0.3 is 15.4 Å². The number of hydrogen-bond acceptors (Lipinski definition) is 4. The predicted octanol–water partition coefficient (Wildman–Crippen LogP) is 2.47. The number of aryl methyl sites for hydroxylation is 1. The number of para-hydroxylation sites is 2. The van der Waals surface area contributed by atoms with Crippen molar-refractivity contribution in [1.82, 2.24) is 18.7 Å². The van der Waals surface area contributed by atoms with E-state index in [0.29, 0.717) is 6.54 Å². The number of hydrogen-bond donors (Lipinski definition) is 2. The Morgan fingerprint density at radius 1 is 1.25 bits per heavy atom. The van der Waals surface area contributed by atoms with Gasteiger partial charge in [-0.05, 0) is 56.5 Å². The van der Waals surface area contributed by atoms with Gasteiger partial charge in [-0.3, -0.25) is 9.13 Å². The molecule has 0 bridgehead atoms. The van der Waals surface area contributed by atoms with Crippen LogP contribution in [0.5, 0.6) is 0 Å². The van der Waals surface area contributed by atoms with Crippen molar-refractivity contribution in [2.45, 2.75) is 51.2 Å². The number of benzene rings is 1. The van der Waals surface area contributed by atoms with Crippen LogP contribution in [0.25, 0.3) is 17.1 Å². The topological polar surface area (TPSA) is 91.0 Å². The quantitative estimate of drug-likeness (QED) is 0.587. The molecule has 0 unspecified atom stereocenters. The summed E-state index contributed by atoms with van der Waals surface area (Å²) in [5, 5.41) is 9.12. The van der Waals surface area contributed by atoms with Gasteiger partial charge in [0.1, 0.15) is 5.82 Å². The van der Waals surface area contributed by atoms with Crippen molar-refractivity contribution in [3.8, 4) is 0 Å². The molecule has 0 aliphatic heterocycles. The molecule has 0 saturated heterocycles. The second-order valence-corrected chi connectivity index (χ2v) is 7.38. The van der Waals surface area contributed by atoms with Gasteiger partial charge in [-0.15, -0.1) is 0 Å². The van der Waals surface area contributed by atoms with Gasteiger partial charge >= 0.3 is 5.69 Å². The molecular weight excluding hydrogens is 354 g/mol. The van der Waals surface area contributed by atoms with E-state index in [0.717, 1.165) is 61.2 Å². The van der Waals surface area contributed by atoms with Crippen LogP contribution in [0.1, 0.15) is 49.7 Å². The van der Waals surface area contributed by atoms with E-state index in [2.05, 4.69) is 10.6 Å². The second kappa shape index (κ2) is 8.06. The maximum absolute atomic E-state index is 13.1. The third-order valence-electron chi connectivity index (χ3n) is 5.56. The molecule has 4 rings (SSSR count). The van der Waals surface area contributed by atoms with Crippen molar-refractivity contribution in [1.29, 1.82) is 0 Å². The van der Waals surface area contributed by atoms with Gasteiger partial charge in [0.2, 0.25) is 0 Å². The summed E-state index contributed by atoms with van der Waals surface area (Å²) in [5.41, 5.74) is 8.43. The molecule has 7 nitrogen and oxygen atoms in total. The van der Waals surface area contributed by atoms with Crippen LogP contribution in [0.4, 0.5) is 0 Å². The summed E-state index contributed by atoms with van der Waals surface area (Å²) >= 11 is 0. The molecule has 1 saturated carbocycles. The van der Waals surface area contributed by atoms with Crippen LogP contribution in [0.15, 0.2) is 41.5 Å². The molecule has 0 radical (unpaired) electrons. The van der Waals surface area contributed by atoms with E-state index in [4.69, 9.17) is 15.8 Å². The highest BCUT2D eigenvalue weighted by Crippen LogP contribution is 2.31. The fourth-order valence-electron chi connectivity index (χ4n) is 3.90. The van der Waals surface area contributed by atoms with Gasteiger partial charge in [0.25, 0.3) is 0 Å². The zero-order valence-corrected chi connectivity index (χ0v) is 16.0. The van der Waals surface area contributed by atoms with Gasteiger partial charge in [-0.1, -0.05) is 12.1 Å². The Kier molecular flexibility index (Phi) is 5.34. The minimum Gasteiger partial charge on any atom is -0.405 e. The first-order valence-corrected chi connectivity index (χ1v) is 9.98. The van der Waals surface area contributed by atoms with E-state index < -0.39 is 0 Å². The molecule has 28 heavy (non-hydrogen) atoms. The smallest absolute Gasteiger partial charge is 0.329 e. The SMILES string of the molecule is N/C=C\c1cn(Cc2nc3ccccc3n2CCCCO)c(=O)n1C1CCC1. The van der Waals surface area contributed by atoms with Crippen LogP contribution in [0.3, 0.4) is 0 Å². The minimum absolute atomic E-state index is 0.00763. The molecule has 1 fully saturated rings. The maximum Gasteiger partial charge on any atom is 0.329 e. The van der Waals surface area contributed by atoms with E-state index in [-0.39, 0.29) is 18.3 Å². The van der Waals surface area contributed by atoms with Crippen LogP contribution < -0.4 is 11.4 Å². The van der Waals surface area contributed by atoms with E-state index in [1.807, 2.05) is 29.0 Å². The van der Waals surface area contributed by atoms with Gasteiger partial charge in [0.05, 0.1) is 23.3 Å². The zero-order chi connectivity index (χ0) is 19.5. The third-order valence-corrected chi connectivity index (χ3v) is 5.56. The lowest BCUT2D eigenvalue weighted by atomic mass is 9.93. The number of rotatable bonds is 8. The van der Waals surface area contributed by atoms with Crippen molar-refractivity contribution in [2.24, 2.45) is 5.73 Å². The number of fused-ring (bicyclic) bond motifs is 1.